The van der Waals surface area contributed by atoms with Gasteiger partial charge in [-0.1, -0.05) is 133 Å². The number of fused-ring (bicyclic) bond motifs is 13. The van der Waals surface area contributed by atoms with Gasteiger partial charge in [0.2, 0.25) is 0 Å². The molecule has 0 radical (unpaired) electrons. The molecule has 0 fully saturated rings. The fourth-order valence-corrected chi connectivity index (χ4v) is 10.1. The minimum atomic E-state index is 0.739. The first-order valence-corrected chi connectivity index (χ1v) is 20.7. The molecule has 0 aliphatic rings. The average molecular weight is 769 g/mol. The van der Waals surface area contributed by atoms with Crippen LogP contribution in [-0.4, -0.2) is 9.13 Å². The number of hydrogen-bond acceptors (Lipinski definition) is 2. The Morgan fingerprint density at radius 3 is 1.02 bits per heavy atom. The molecule has 0 spiro atoms. The van der Waals surface area contributed by atoms with Gasteiger partial charge < -0.3 is 18.0 Å². The van der Waals surface area contributed by atoms with E-state index in [2.05, 4.69) is 203 Å². The van der Waals surface area contributed by atoms with Gasteiger partial charge in [0.05, 0.1) is 22.1 Å². The third kappa shape index (κ3) is 4.85. The standard InChI is InChI=1S/C56H36N2O2/c1-3-15-35(16-4-1)31-43-44(32-36-17-5-2-6-18-36)54-46-34-38(58-49-25-13-9-21-41(49)42-22-10-14-26-50(42)58)28-30-52(46)60-56(54)55-53(43)45-33-37(27-29-51(45)59-55)57-47-23-11-7-19-39(47)40-20-8-12-24-48(40)57/h1-30,33-34H,31-32H2. The number of para-hydroxylation sites is 4. The Bertz CT molecular complexity index is 3470. The first kappa shape index (κ1) is 33.2. The van der Waals surface area contributed by atoms with Gasteiger partial charge in [-0.05, 0) is 95.8 Å². The topological polar surface area (TPSA) is 36.1 Å². The second-order valence-electron chi connectivity index (χ2n) is 16.0. The van der Waals surface area contributed by atoms with Crippen LogP contribution in [0.4, 0.5) is 0 Å². The number of benzene rings is 9. The van der Waals surface area contributed by atoms with Crippen molar-refractivity contribution in [2.45, 2.75) is 12.8 Å². The van der Waals surface area contributed by atoms with Crippen LogP contribution >= 0.6 is 0 Å². The zero-order valence-electron chi connectivity index (χ0n) is 32.6. The Morgan fingerprint density at radius 1 is 0.317 bits per heavy atom. The second-order valence-corrected chi connectivity index (χ2v) is 16.0. The fraction of sp³-hybridized carbons (Fsp3) is 0.0357. The van der Waals surface area contributed by atoms with E-state index in [1.807, 2.05) is 0 Å². The Balaban J connectivity index is 1.15. The van der Waals surface area contributed by atoms with Gasteiger partial charge in [0.15, 0.2) is 11.2 Å². The molecule has 13 rings (SSSR count). The molecule has 4 heterocycles. The minimum absolute atomic E-state index is 0.739. The molecule has 0 unspecified atom stereocenters. The molecule has 13 aromatic rings. The third-order valence-electron chi connectivity index (χ3n) is 12.6. The number of furan rings is 2. The molecule has 9 aromatic carbocycles. The molecular formula is C56H36N2O2. The highest BCUT2D eigenvalue weighted by Gasteiger charge is 2.26. The molecule has 60 heavy (non-hydrogen) atoms. The average Bonchev–Trinajstić information content (AvgIpc) is 4.06. The SMILES string of the molecule is c1ccc(Cc2c(Cc3ccccc3)c3c4cc(-n5c6ccccc6c6ccccc65)ccc4oc3c3oc4ccc(-n5c6ccccc6c6ccccc65)cc4c23)cc1. The molecule has 0 saturated carbocycles. The predicted octanol–water partition coefficient (Wildman–Crippen LogP) is 14.9. The van der Waals surface area contributed by atoms with E-state index >= 15 is 0 Å². The highest BCUT2D eigenvalue weighted by atomic mass is 16.4. The molecule has 0 amide bonds. The molecular weight excluding hydrogens is 733 g/mol. The summed E-state index contributed by atoms with van der Waals surface area (Å²) in [6.45, 7) is 0. The predicted molar refractivity (Wildman–Crippen MR) is 248 cm³/mol. The van der Waals surface area contributed by atoms with Crippen molar-refractivity contribution >= 4 is 87.5 Å². The first-order valence-electron chi connectivity index (χ1n) is 20.7. The van der Waals surface area contributed by atoms with E-state index in [4.69, 9.17) is 8.83 Å². The molecule has 4 nitrogen and oxygen atoms in total. The smallest absolute Gasteiger partial charge is 0.178 e. The summed E-state index contributed by atoms with van der Waals surface area (Å²) < 4.78 is 18.9. The highest BCUT2D eigenvalue weighted by Crippen LogP contribution is 2.46. The normalized spacial score (nSPS) is 12.1. The van der Waals surface area contributed by atoms with Crippen LogP contribution in [0.1, 0.15) is 22.3 Å². The quantitative estimate of drug-likeness (QED) is 0.169. The maximum Gasteiger partial charge on any atom is 0.178 e. The van der Waals surface area contributed by atoms with Gasteiger partial charge in [0, 0.05) is 54.5 Å². The summed E-state index contributed by atoms with van der Waals surface area (Å²) in [5, 5.41) is 9.34. The van der Waals surface area contributed by atoms with Crippen molar-refractivity contribution in [3.63, 3.8) is 0 Å². The molecule has 4 heteroatoms. The minimum Gasteiger partial charge on any atom is -0.452 e. The third-order valence-corrected chi connectivity index (χ3v) is 12.6. The van der Waals surface area contributed by atoms with Crippen molar-refractivity contribution in [3.05, 3.63) is 216 Å². The van der Waals surface area contributed by atoms with Crippen LogP contribution in [0.15, 0.2) is 203 Å². The molecule has 0 aliphatic carbocycles. The zero-order chi connectivity index (χ0) is 39.3. The Hall–Kier alpha value is -7.82. The fourth-order valence-electron chi connectivity index (χ4n) is 10.1. The van der Waals surface area contributed by atoms with Crippen molar-refractivity contribution in [2.24, 2.45) is 0 Å². The summed E-state index contributed by atoms with van der Waals surface area (Å²) in [6, 6.07) is 69.8. The van der Waals surface area contributed by atoms with Crippen molar-refractivity contribution in [1.82, 2.24) is 9.13 Å². The largest absolute Gasteiger partial charge is 0.452 e. The van der Waals surface area contributed by atoms with E-state index in [1.165, 1.54) is 65.9 Å². The van der Waals surface area contributed by atoms with Crippen molar-refractivity contribution < 1.29 is 8.83 Å². The number of aromatic nitrogens is 2. The monoisotopic (exact) mass is 768 g/mol. The zero-order valence-corrected chi connectivity index (χ0v) is 32.6. The van der Waals surface area contributed by atoms with E-state index in [0.717, 1.165) is 68.1 Å². The van der Waals surface area contributed by atoms with Gasteiger partial charge in [-0.3, -0.25) is 0 Å². The molecule has 0 N–H and O–H groups in total. The van der Waals surface area contributed by atoms with Crippen LogP contribution in [0.3, 0.4) is 0 Å². The maximum absolute atomic E-state index is 7.04. The highest BCUT2D eigenvalue weighted by molar-refractivity contribution is 6.22. The second kappa shape index (κ2) is 12.8. The summed E-state index contributed by atoms with van der Waals surface area (Å²) in [6.07, 6.45) is 1.48. The lowest BCUT2D eigenvalue weighted by Gasteiger charge is -2.15. The van der Waals surface area contributed by atoms with E-state index < -0.39 is 0 Å². The van der Waals surface area contributed by atoms with Gasteiger partial charge in [-0.15, -0.1) is 0 Å². The first-order chi connectivity index (χ1) is 29.8. The number of nitrogens with zero attached hydrogens (tertiary/aromatic N) is 2. The van der Waals surface area contributed by atoms with Crippen molar-refractivity contribution in [1.29, 1.82) is 0 Å². The molecule has 4 aromatic heterocycles. The van der Waals surface area contributed by atoms with Gasteiger partial charge in [-0.25, -0.2) is 0 Å². The summed E-state index contributed by atoms with van der Waals surface area (Å²) >= 11 is 0. The maximum atomic E-state index is 7.04. The van der Waals surface area contributed by atoms with E-state index in [0.29, 0.717) is 0 Å². The lowest BCUT2D eigenvalue weighted by atomic mass is 9.88. The van der Waals surface area contributed by atoms with E-state index in [1.54, 1.807) is 0 Å². The lowest BCUT2D eigenvalue weighted by Crippen LogP contribution is -2.00. The van der Waals surface area contributed by atoms with Gasteiger partial charge in [-0.2, -0.15) is 0 Å². The van der Waals surface area contributed by atoms with E-state index in [-0.39, 0.29) is 0 Å². The summed E-state index contributed by atoms with van der Waals surface area (Å²) in [7, 11) is 0. The van der Waals surface area contributed by atoms with Crippen LogP contribution < -0.4 is 0 Å². The molecule has 0 aliphatic heterocycles. The number of hydrogen-bond donors (Lipinski definition) is 0. The van der Waals surface area contributed by atoms with Crippen LogP contribution in [0.5, 0.6) is 0 Å². The lowest BCUT2D eigenvalue weighted by molar-refractivity contribution is 0.633. The Labute approximate surface area is 344 Å². The van der Waals surface area contributed by atoms with E-state index in [9.17, 15) is 0 Å². The summed E-state index contributed by atoms with van der Waals surface area (Å²) in [5.41, 5.74) is 15.2. The Morgan fingerprint density at radius 2 is 0.650 bits per heavy atom. The molecule has 282 valence electrons. The Kier molecular flexibility index (Phi) is 7.10. The van der Waals surface area contributed by atoms with Crippen LogP contribution in [0.2, 0.25) is 0 Å². The van der Waals surface area contributed by atoms with Crippen molar-refractivity contribution in [2.75, 3.05) is 0 Å². The number of rotatable bonds is 6. The van der Waals surface area contributed by atoms with Crippen LogP contribution in [0, 0.1) is 0 Å². The van der Waals surface area contributed by atoms with Crippen molar-refractivity contribution in [3.8, 4) is 11.4 Å². The summed E-state index contributed by atoms with van der Waals surface area (Å²) in [5.74, 6) is 0. The molecule has 0 bridgehead atoms. The van der Waals surface area contributed by atoms with Crippen LogP contribution in [-0.2, 0) is 12.8 Å². The van der Waals surface area contributed by atoms with Gasteiger partial charge in [0.25, 0.3) is 0 Å². The van der Waals surface area contributed by atoms with Crippen LogP contribution in [0.25, 0.3) is 98.9 Å². The summed E-state index contributed by atoms with van der Waals surface area (Å²) in [4.78, 5) is 0. The van der Waals surface area contributed by atoms with Gasteiger partial charge in [0.1, 0.15) is 11.2 Å². The molecule has 0 atom stereocenters. The van der Waals surface area contributed by atoms with Gasteiger partial charge >= 0.3 is 0 Å². The molecule has 0 saturated heterocycles.